The largest absolute Gasteiger partial charge is 0.330 e. The Morgan fingerprint density at radius 3 is 2.61 bits per heavy atom. The highest BCUT2D eigenvalue weighted by Gasteiger charge is 2.15. The second kappa shape index (κ2) is 7.88. The summed E-state index contributed by atoms with van der Waals surface area (Å²) in [6.45, 7) is 5.47. The average Bonchev–Trinajstić information content (AvgIpc) is 2.38. The van der Waals surface area contributed by atoms with Gasteiger partial charge < -0.3 is 10.6 Å². The molecule has 18 heavy (non-hydrogen) atoms. The van der Waals surface area contributed by atoms with Crippen LogP contribution in [0.5, 0.6) is 0 Å². The molecule has 1 rings (SSSR count). The molecule has 0 spiro atoms. The number of nitrogens with zero attached hydrogens (tertiary/aromatic N) is 1. The van der Waals surface area contributed by atoms with Crippen LogP contribution in [0.1, 0.15) is 38.2 Å². The zero-order valence-electron chi connectivity index (χ0n) is 11.5. The zero-order valence-corrected chi connectivity index (χ0v) is 11.5. The summed E-state index contributed by atoms with van der Waals surface area (Å²) in [5.41, 5.74) is 7.71. The number of rotatable bonds is 7. The molecule has 1 aromatic rings. The molecule has 1 amide bonds. The lowest BCUT2D eigenvalue weighted by atomic mass is 10.1. The van der Waals surface area contributed by atoms with Crippen molar-refractivity contribution in [3.05, 3.63) is 29.8 Å². The van der Waals surface area contributed by atoms with E-state index in [9.17, 15) is 4.79 Å². The van der Waals surface area contributed by atoms with E-state index in [0.717, 1.165) is 30.5 Å². The van der Waals surface area contributed by atoms with Crippen molar-refractivity contribution in [2.24, 2.45) is 5.73 Å². The van der Waals surface area contributed by atoms with E-state index >= 15 is 0 Å². The van der Waals surface area contributed by atoms with E-state index in [1.807, 2.05) is 36.1 Å². The lowest BCUT2D eigenvalue weighted by Gasteiger charge is -2.24. The number of carbonyl (C=O) groups is 1. The Kier molecular flexibility index (Phi) is 6.44. The van der Waals surface area contributed by atoms with Gasteiger partial charge in [-0.05, 0) is 37.9 Å². The van der Waals surface area contributed by atoms with E-state index in [1.54, 1.807) is 0 Å². The summed E-state index contributed by atoms with van der Waals surface area (Å²) >= 11 is 0. The van der Waals surface area contributed by atoms with Gasteiger partial charge in [-0.25, -0.2) is 0 Å². The van der Waals surface area contributed by atoms with Crippen LogP contribution in [0.2, 0.25) is 0 Å². The molecule has 3 nitrogen and oxygen atoms in total. The molecule has 0 aliphatic rings. The van der Waals surface area contributed by atoms with Gasteiger partial charge in [-0.3, -0.25) is 4.79 Å². The number of benzene rings is 1. The molecule has 0 saturated carbocycles. The molecule has 100 valence electrons. The van der Waals surface area contributed by atoms with Crippen molar-refractivity contribution < 1.29 is 4.79 Å². The number of amides is 1. The predicted molar refractivity (Wildman–Crippen MR) is 76.7 cm³/mol. The zero-order chi connectivity index (χ0) is 13.4. The normalized spacial score (nSPS) is 10.4. The summed E-state index contributed by atoms with van der Waals surface area (Å²) < 4.78 is 0. The Balaban J connectivity index is 2.83. The molecule has 0 aliphatic carbocycles. The maximum Gasteiger partial charge on any atom is 0.226 e. The minimum absolute atomic E-state index is 0.208. The van der Waals surface area contributed by atoms with Crippen molar-refractivity contribution in [2.45, 2.75) is 39.5 Å². The van der Waals surface area contributed by atoms with Crippen molar-refractivity contribution in [3.63, 3.8) is 0 Å². The van der Waals surface area contributed by atoms with Crippen LogP contribution in [0.25, 0.3) is 0 Å². The first-order valence-corrected chi connectivity index (χ1v) is 6.76. The Bertz CT molecular complexity index is 377. The molecule has 0 radical (unpaired) electrons. The van der Waals surface area contributed by atoms with Gasteiger partial charge in [0, 0.05) is 18.7 Å². The first-order valence-electron chi connectivity index (χ1n) is 6.76. The molecule has 0 fully saturated rings. The van der Waals surface area contributed by atoms with Gasteiger partial charge in [0.15, 0.2) is 0 Å². The summed E-state index contributed by atoms with van der Waals surface area (Å²) in [6.07, 6.45) is 3.45. The Morgan fingerprint density at radius 2 is 2.00 bits per heavy atom. The van der Waals surface area contributed by atoms with E-state index in [-0.39, 0.29) is 5.91 Å². The molecule has 0 saturated heterocycles. The fourth-order valence-corrected chi connectivity index (χ4v) is 1.96. The lowest BCUT2D eigenvalue weighted by Crippen LogP contribution is -2.33. The van der Waals surface area contributed by atoms with Crippen molar-refractivity contribution in [3.8, 4) is 0 Å². The van der Waals surface area contributed by atoms with Crippen LogP contribution >= 0.6 is 0 Å². The third-order valence-electron chi connectivity index (χ3n) is 3.04. The van der Waals surface area contributed by atoms with E-state index in [1.165, 1.54) is 0 Å². The number of hydrogen-bond donors (Lipinski definition) is 1. The maximum absolute atomic E-state index is 12.2. The van der Waals surface area contributed by atoms with E-state index in [0.29, 0.717) is 19.5 Å². The van der Waals surface area contributed by atoms with Gasteiger partial charge >= 0.3 is 0 Å². The minimum Gasteiger partial charge on any atom is -0.330 e. The molecule has 0 bridgehead atoms. The van der Waals surface area contributed by atoms with Crippen LogP contribution in [0, 0.1) is 6.92 Å². The number of carbonyl (C=O) groups excluding carboxylic acids is 1. The van der Waals surface area contributed by atoms with Crippen LogP contribution in [0.4, 0.5) is 5.69 Å². The molecule has 0 atom stereocenters. The maximum atomic E-state index is 12.2. The van der Waals surface area contributed by atoms with Gasteiger partial charge in [0.05, 0.1) is 0 Å². The Hall–Kier alpha value is -1.35. The highest BCUT2D eigenvalue weighted by molar-refractivity contribution is 5.94. The molecular weight excluding hydrogens is 224 g/mol. The van der Waals surface area contributed by atoms with Crippen molar-refractivity contribution >= 4 is 11.6 Å². The van der Waals surface area contributed by atoms with Crippen LogP contribution in [0.15, 0.2) is 24.3 Å². The summed E-state index contributed by atoms with van der Waals surface area (Å²) in [5, 5.41) is 0. The number of para-hydroxylation sites is 1. The second-order valence-electron chi connectivity index (χ2n) is 4.58. The highest BCUT2D eigenvalue weighted by atomic mass is 16.2. The topological polar surface area (TPSA) is 46.3 Å². The SMILES string of the molecule is CCCCC(=O)N(CCCN)c1ccccc1C. The molecule has 2 N–H and O–H groups in total. The number of hydrogen-bond acceptors (Lipinski definition) is 2. The average molecular weight is 248 g/mol. The molecule has 0 aliphatic heterocycles. The van der Waals surface area contributed by atoms with Gasteiger partial charge in [-0.15, -0.1) is 0 Å². The fraction of sp³-hybridized carbons (Fsp3) is 0.533. The lowest BCUT2D eigenvalue weighted by molar-refractivity contribution is -0.118. The number of aryl methyl sites for hydroxylation is 1. The Labute approximate surface area is 110 Å². The summed E-state index contributed by atoms with van der Waals surface area (Å²) in [4.78, 5) is 14.1. The first kappa shape index (κ1) is 14.7. The van der Waals surface area contributed by atoms with Gasteiger partial charge in [0.2, 0.25) is 5.91 Å². The summed E-state index contributed by atoms with van der Waals surface area (Å²) in [5.74, 6) is 0.208. The minimum atomic E-state index is 0.208. The highest BCUT2D eigenvalue weighted by Crippen LogP contribution is 2.21. The molecular formula is C15H24N2O. The third kappa shape index (κ3) is 4.15. The molecule has 0 unspecified atom stereocenters. The van der Waals surface area contributed by atoms with E-state index in [4.69, 9.17) is 5.73 Å². The molecule has 0 heterocycles. The van der Waals surface area contributed by atoms with Crippen LogP contribution < -0.4 is 10.6 Å². The van der Waals surface area contributed by atoms with Crippen LogP contribution in [0.3, 0.4) is 0 Å². The van der Waals surface area contributed by atoms with Crippen LogP contribution in [-0.2, 0) is 4.79 Å². The smallest absolute Gasteiger partial charge is 0.226 e. The Morgan fingerprint density at radius 1 is 1.28 bits per heavy atom. The van der Waals surface area contributed by atoms with Gasteiger partial charge in [-0.1, -0.05) is 31.5 Å². The first-order chi connectivity index (χ1) is 8.70. The molecule has 3 heteroatoms. The number of nitrogens with two attached hydrogens (primary N) is 1. The van der Waals surface area contributed by atoms with Crippen molar-refractivity contribution in [2.75, 3.05) is 18.0 Å². The summed E-state index contributed by atoms with van der Waals surface area (Å²) in [7, 11) is 0. The standard InChI is InChI=1S/C15H24N2O/c1-3-4-10-15(18)17(12-7-11-16)14-9-6-5-8-13(14)2/h5-6,8-9H,3-4,7,10-12,16H2,1-2H3. The summed E-state index contributed by atoms with van der Waals surface area (Å²) in [6, 6.07) is 8.02. The predicted octanol–water partition coefficient (Wildman–Crippen LogP) is 2.87. The number of unbranched alkanes of at least 4 members (excludes halogenated alkanes) is 1. The van der Waals surface area contributed by atoms with Gasteiger partial charge in [0.25, 0.3) is 0 Å². The molecule has 0 aromatic heterocycles. The van der Waals surface area contributed by atoms with E-state index < -0.39 is 0 Å². The quantitative estimate of drug-likeness (QED) is 0.806. The molecule has 1 aromatic carbocycles. The van der Waals surface area contributed by atoms with Crippen LogP contribution in [-0.4, -0.2) is 19.0 Å². The van der Waals surface area contributed by atoms with Gasteiger partial charge in [0.1, 0.15) is 0 Å². The monoisotopic (exact) mass is 248 g/mol. The fourth-order valence-electron chi connectivity index (χ4n) is 1.96. The second-order valence-corrected chi connectivity index (χ2v) is 4.58. The number of anilines is 1. The van der Waals surface area contributed by atoms with Crippen molar-refractivity contribution in [1.82, 2.24) is 0 Å². The third-order valence-corrected chi connectivity index (χ3v) is 3.04. The van der Waals surface area contributed by atoms with E-state index in [2.05, 4.69) is 6.92 Å². The van der Waals surface area contributed by atoms with Gasteiger partial charge in [-0.2, -0.15) is 0 Å². The van der Waals surface area contributed by atoms with Crippen molar-refractivity contribution in [1.29, 1.82) is 0 Å².